The van der Waals surface area contributed by atoms with Crippen molar-refractivity contribution in [3.8, 4) is 5.69 Å². The second-order valence-electron chi connectivity index (χ2n) is 5.39. The number of fused-ring (bicyclic) bond motifs is 1. The molecule has 2 aromatic heterocycles. The Balaban J connectivity index is 1.61. The summed E-state index contributed by atoms with van der Waals surface area (Å²) in [7, 11) is 0. The zero-order valence-electron chi connectivity index (χ0n) is 13.2. The van der Waals surface area contributed by atoms with Crippen molar-refractivity contribution in [1.82, 2.24) is 19.7 Å². The molecule has 0 bridgehead atoms. The minimum absolute atomic E-state index is 0.0767. The van der Waals surface area contributed by atoms with E-state index in [2.05, 4.69) is 15.1 Å². The lowest BCUT2D eigenvalue weighted by atomic mass is 10.2. The molecule has 25 heavy (non-hydrogen) atoms. The summed E-state index contributed by atoms with van der Waals surface area (Å²) < 4.78 is 1.78. The van der Waals surface area contributed by atoms with Gasteiger partial charge in [0.25, 0.3) is 0 Å². The molecule has 0 unspecified atom stereocenters. The predicted molar refractivity (Wildman–Crippen MR) is 98.2 cm³/mol. The third-order valence-electron chi connectivity index (χ3n) is 3.77. The van der Waals surface area contributed by atoms with Gasteiger partial charge in [-0.25, -0.2) is 14.6 Å². The molecule has 5 nitrogen and oxygen atoms in total. The lowest BCUT2D eigenvalue weighted by molar-refractivity contribution is 0.102. The van der Waals surface area contributed by atoms with Crippen molar-refractivity contribution < 1.29 is 4.79 Å². The van der Waals surface area contributed by atoms with Crippen LogP contribution in [0.4, 0.5) is 0 Å². The van der Waals surface area contributed by atoms with E-state index in [1.54, 1.807) is 10.9 Å². The van der Waals surface area contributed by atoms with E-state index in [0.717, 1.165) is 21.7 Å². The van der Waals surface area contributed by atoms with Crippen LogP contribution < -0.4 is 0 Å². The van der Waals surface area contributed by atoms with E-state index in [1.165, 1.54) is 18.1 Å². The Morgan fingerprint density at radius 2 is 1.68 bits per heavy atom. The number of thioether (sulfide) groups is 1. The molecule has 0 aliphatic carbocycles. The maximum absolute atomic E-state index is 12.3. The molecule has 2 aromatic carbocycles. The molecule has 2 heterocycles. The highest BCUT2D eigenvalue weighted by molar-refractivity contribution is 8.00. The Labute approximate surface area is 148 Å². The molecule has 0 fully saturated rings. The first-order valence-corrected chi connectivity index (χ1v) is 8.77. The molecule has 0 aliphatic heterocycles. The standard InChI is InChI=1S/C19H14N4OS/c24-17(14-7-3-1-4-8-14)12-25-19-16-11-22-23(18(16)20-13-21-19)15-9-5-2-6-10-15/h1-11,13H,12H2. The van der Waals surface area contributed by atoms with E-state index in [9.17, 15) is 4.79 Å². The second kappa shape index (κ2) is 6.86. The number of rotatable bonds is 5. The van der Waals surface area contributed by atoms with E-state index < -0.39 is 0 Å². The molecule has 4 rings (SSSR count). The predicted octanol–water partition coefficient (Wildman–Crippen LogP) is 3.79. The lowest BCUT2D eigenvalue weighted by Crippen LogP contribution is -2.02. The van der Waals surface area contributed by atoms with Crippen LogP contribution in [0.15, 0.2) is 78.2 Å². The Kier molecular flexibility index (Phi) is 4.26. The van der Waals surface area contributed by atoms with Gasteiger partial charge in [-0.1, -0.05) is 60.3 Å². The van der Waals surface area contributed by atoms with Crippen LogP contribution in [0, 0.1) is 0 Å². The zero-order chi connectivity index (χ0) is 17.1. The lowest BCUT2D eigenvalue weighted by Gasteiger charge is -2.04. The molecule has 4 aromatic rings. The monoisotopic (exact) mass is 346 g/mol. The van der Waals surface area contributed by atoms with Gasteiger partial charge in [0.15, 0.2) is 11.4 Å². The van der Waals surface area contributed by atoms with E-state index in [4.69, 9.17) is 0 Å². The molecule has 0 atom stereocenters. The molecule has 6 heteroatoms. The fourth-order valence-electron chi connectivity index (χ4n) is 2.54. The van der Waals surface area contributed by atoms with Crippen LogP contribution in [0.25, 0.3) is 16.7 Å². The van der Waals surface area contributed by atoms with E-state index >= 15 is 0 Å². The first kappa shape index (κ1) is 15.5. The molecule has 0 aliphatic rings. The van der Waals surface area contributed by atoms with Crippen LogP contribution in [0.3, 0.4) is 0 Å². The van der Waals surface area contributed by atoms with Gasteiger partial charge in [-0.05, 0) is 12.1 Å². The first-order valence-electron chi connectivity index (χ1n) is 7.78. The van der Waals surface area contributed by atoms with Crippen molar-refractivity contribution in [1.29, 1.82) is 0 Å². The third-order valence-corrected chi connectivity index (χ3v) is 4.77. The topological polar surface area (TPSA) is 60.7 Å². The maximum atomic E-state index is 12.3. The molecule has 122 valence electrons. The van der Waals surface area contributed by atoms with Crippen molar-refractivity contribution >= 4 is 28.6 Å². The Morgan fingerprint density at radius 1 is 0.960 bits per heavy atom. The van der Waals surface area contributed by atoms with Crippen molar-refractivity contribution in [2.75, 3.05) is 5.75 Å². The van der Waals surface area contributed by atoms with Gasteiger partial charge in [0, 0.05) is 5.56 Å². The van der Waals surface area contributed by atoms with Gasteiger partial charge in [0.1, 0.15) is 11.4 Å². The third kappa shape index (κ3) is 3.16. The number of nitrogens with zero attached hydrogens (tertiary/aromatic N) is 4. The van der Waals surface area contributed by atoms with E-state index in [-0.39, 0.29) is 5.78 Å². The van der Waals surface area contributed by atoms with E-state index in [0.29, 0.717) is 11.3 Å². The minimum Gasteiger partial charge on any atom is -0.293 e. The average molecular weight is 346 g/mol. The first-order chi connectivity index (χ1) is 12.3. The van der Waals surface area contributed by atoms with Crippen LogP contribution in [-0.2, 0) is 0 Å². The molecule has 0 saturated heterocycles. The summed E-state index contributed by atoms with van der Waals surface area (Å²) in [5, 5.41) is 6.03. The van der Waals surface area contributed by atoms with Gasteiger partial charge in [0.05, 0.1) is 23.0 Å². The number of ketones is 1. The average Bonchev–Trinajstić information content (AvgIpc) is 3.12. The van der Waals surface area contributed by atoms with Crippen LogP contribution in [0.1, 0.15) is 10.4 Å². The smallest absolute Gasteiger partial charge is 0.173 e. The van der Waals surface area contributed by atoms with E-state index in [1.807, 2.05) is 60.7 Å². The van der Waals surface area contributed by atoms with Gasteiger partial charge < -0.3 is 0 Å². The van der Waals surface area contributed by atoms with Crippen LogP contribution in [0.5, 0.6) is 0 Å². The number of hydrogen-bond donors (Lipinski definition) is 0. The van der Waals surface area contributed by atoms with Crippen LogP contribution >= 0.6 is 11.8 Å². The zero-order valence-corrected chi connectivity index (χ0v) is 14.1. The number of carbonyl (C=O) groups excluding carboxylic acids is 1. The number of carbonyl (C=O) groups is 1. The molecular weight excluding hydrogens is 332 g/mol. The fourth-order valence-corrected chi connectivity index (χ4v) is 3.39. The molecule has 0 amide bonds. The van der Waals surface area contributed by atoms with Gasteiger partial charge in [-0.2, -0.15) is 5.10 Å². The van der Waals surface area contributed by atoms with Crippen LogP contribution in [-0.4, -0.2) is 31.3 Å². The molecule has 0 radical (unpaired) electrons. The fraction of sp³-hybridized carbons (Fsp3) is 0.0526. The summed E-state index contributed by atoms with van der Waals surface area (Å²) in [4.78, 5) is 21.0. The normalized spacial score (nSPS) is 10.9. The number of aromatic nitrogens is 4. The van der Waals surface area contributed by atoms with Gasteiger partial charge >= 0.3 is 0 Å². The summed E-state index contributed by atoms with van der Waals surface area (Å²) in [6.45, 7) is 0. The SMILES string of the molecule is O=C(CSc1ncnc2c1cnn2-c1ccccc1)c1ccccc1. The molecule has 0 N–H and O–H groups in total. The Hall–Kier alpha value is -2.99. The summed E-state index contributed by atoms with van der Waals surface area (Å²) in [6, 6.07) is 19.1. The number of para-hydroxylation sites is 1. The van der Waals surface area contributed by atoms with Crippen molar-refractivity contribution in [2.24, 2.45) is 0 Å². The maximum Gasteiger partial charge on any atom is 0.173 e. The summed E-state index contributed by atoms with van der Waals surface area (Å²) in [6.07, 6.45) is 3.26. The highest BCUT2D eigenvalue weighted by Crippen LogP contribution is 2.26. The Bertz CT molecular complexity index is 1020. The minimum atomic E-state index is 0.0767. The van der Waals surface area contributed by atoms with Crippen LogP contribution in [0.2, 0.25) is 0 Å². The van der Waals surface area contributed by atoms with Gasteiger partial charge in [0.2, 0.25) is 0 Å². The number of benzene rings is 2. The highest BCUT2D eigenvalue weighted by atomic mass is 32.2. The largest absolute Gasteiger partial charge is 0.293 e. The number of Topliss-reactive ketones (excluding diaryl/α,β-unsaturated/α-hetero) is 1. The van der Waals surface area contributed by atoms with Crippen molar-refractivity contribution in [3.05, 3.63) is 78.8 Å². The van der Waals surface area contributed by atoms with Crippen molar-refractivity contribution in [3.63, 3.8) is 0 Å². The van der Waals surface area contributed by atoms with Crippen molar-refractivity contribution in [2.45, 2.75) is 5.03 Å². The van der Waals surface area contributed by atoms with Gasteiger partial charge in [-0.15, -0.1) is 0 Å². The quantitative estimate of drug-likeness (QED) is 0.313. The number of hydrogen-bond acceptors (Lipinski definition) is 5. The second-order valence-corrected chi connectivity index (χ2v) is 6.35. The summed E-state index contributed by atoms with van der Waals surface area (Å²) in [5.41, 5.74) is 2.38. The molecular formula is C19H14N4OS. The molecule has 0 saturated carbocycles. The summed E-state index contributed by atoms with van der Waals surface area (Å²) in [5.74, 6) is 0.403. The molecule has 0 spiro atoms. The van der Waals surface area contributed by atoms with Gasteiger partial charge in [-0.3, -0.25) is 4.79 Å². The Morgan fingerprint density at radius 3 is 2.44 bits per heavy atom. The summed E-state index contributed by atoms with van der Waals surface area (Å²) >= 11 is 1.41. The highest BCUT2D eigenvalue weighted by Gasteiger charge is 2.13.